The van der Waals surface area contributed by atoms with E-state index in [1.54, 1.807) is 24.3 Å². The Hall–Kier alpha value is -3.13. The highest BCUT2D eigenvalue weighted by Gasteiger charge is 2.17. The number of amides is 2. The Balaban J connectivity index is 2.09. The number of carbonyl (C=O) groups excluding carboxylic acids is 2. The number of benzene rings is 2. The van der Waals surface area contributed by atoms with E-state index in [0.717, 1.165) is 5.56 Å². The smallest absolute Gasteiger partial charge is 0.240 e. The molecule has 0 fully saturated rings. The van der Waals surface area contributed by atoms with E-state index in [1.807, 2.05) is 43.3 Å². The van der Waals surface area contributed by atoms with Crippen LogP contribution in [0.3, 0.4) is 0 Å². The zero-order chi connectivity index (χ0) is 17.5. The maximum absolute atomic E-state index is 12.3. The number of nitriles is 1. The first-order valence-corrected chi connectivity index (χ1v) is 7.64. The topological polar surface area (TPSA) is 73.2 Å². The minimum atomic E-state index is -0.260. The van der Waals surface area contributed by atoms with Crippen molar-refractivity contribution in [3.8, 4) is 6.07 Å². The van der Waals surface area contributed by atoms with Crippen molar-refractivity contribution in [2.45, 2.75) is 19.9 Å². The van der Waals surface area contributed by atoms with Gasteiger partial charge in [-0.2, -0.15) is 5.26 Å². The third-order valence-electron chi connectivity index (χ3n) is 3.65. The normalized spacial score (nSPS) is 11.2. The van der Waals surface area contributed by atoms with Crippen molar-refractivity contribution in [3.63, 3.8) is 0 Å². The summed E-state index contributed by atoms with van der Waals surface area (Å²) in [4.78, 5) is 25.6. The van der Waals surface area contributed by atoms with Gasteiger partial charge in [-0.05, 0) is 30.7 Å². The molecule has 0 heterocycles. The molecular formula is C19H19N3O2. The van der Waals surface area contributed by atoms with Crippen LogP contribution in [0.2, 0.25) is 0 Å². The molecule has 0 saturated heterocycles. The second kappa shape index (κ2) is 7.93. The summed E-state index contributed by atoms with van der Waals surface area (Å²) in [5, 5.41) is 11.9. The van der Waals surface area contributed by atoms with Gasteiger partial charge in [-0.15, -0.1) is 0 Å². The van der Waals surface area contributed by atoms with Gasteiger partial charge in [0.2, 0.25) is 11.8 Å². The van der Waals surface area contributed by atoms with Crippen LogP contribution in [0.25, 0.3) is 0 Å². The van der Waals surface area contributed by atoms with Crippen LogP contribution < -0.4 is 10.2 Å². The van der Waals surface area contributed by atoms with Crippen LogP contribution in [0, 0.1) is 11.3 Å². The van der Waals surface area contributed by atoms with Gasteiger partial charge in [0.05, 0.1) is 17.7 Å². The summed E-state index contributed by atoms with van der Waals surface area (Å²) in [6.45, 7) is 3.19. The number of hydrogen-bond donors (Lipinski definition) is 1. The van der Waals surface area contributed by atoms with Crippen LogP contribution in [0.5, 0.6) is 0 Å². The maximum Gasteiger partial charge on any atom is 0.240 e. The predicted octanol–water partition coefficient (Wildman–Crippen LogP) is 2.79. The van der Waals surface area contributed by atoms with Gasteiger partial charge in [-0.1, -0.05) is 36.4 Å². The van der Waals surface area contributed by atoms with Gasteiger partial charge in [0, 0.05) is 12.6 Å². The molecule has 1 unspecified atom stereocenters. The molecule has 2 aromatic rings. The van der Waals surface area contributed by atoms with Crippen LogP contribution in [0.4, 0.5) is 5.69 Å². The second-order valence-corrected chi connectivity index (χ2v) is 5.47. The van der Waals surface area contributed by atoms with Crippen LogP contribution in [-0.4, -0.2) is 18.4 Å². The first-order valence-electron chi connectivity index (χ1n) is 7.64. The summed E-state index contributed by atoms with van der Waals surface area (Å²) in [6, 6.07) is 18.1. The minimum absolute atomic E-state index is 0.0958. The molecule has 122 valence electrons. The van der Waals surface area contributed by atoms with E-state index in [9.17, 15) is 9.59 Å². The fourth-order valence-electron chi connectivity index (χ4n) is 2.38. The van der Waals surface area contributed by atoms with Gasteiger partial charge in [0.25, 0.3) is 0 Å². The van der Waals surface area contributed by atoms with E-state index < -0.39 is 0 Å². The van der Waals surface area contributed by atoms with Gasteiger partial charge in [0.15, 0.2) is 0 Å². The largest absolute Gasteiger partial charge is 0.348 e. The summed E-state index contributed by atoms with van der Waals surface area (Å²) >= 11 is 0. The zero-order valence-corrected chi connectivity index (χ0v) is 13.7. The molecule has 24 heavy (non-hydrogen) atoms. The average molecular weight is 321 g/mol. The summed E-state index contributed by atoms with van der Waals surface area (Å²) in [7, 11) is 0. The van der Waals surface area contributed by atoms with Crippen LogP contribution in [-0.2, 0) is 9.59 Å². The van der Waals surface area contributed by atoms with E-state index in [2.05, 4.69) is 5.32 Å². The Morgan fingerprint density at radius 1 is 1.17 bits per heavy atom. The molecule has 0 aliphatic carbocycles. The van der Waals surface area contributed by atoms with Gasteiger partial charge in [-0.3, -0.25) is 9.59 Å². The lowest BCUT2D eigenvalue weighted by Crippen LogP contribution is -2.40. The molecule has 2 amide bonds. The average Bonchev–Trinajstić information content (AvgIpc) is 2.60. The van der Waals surface area contributed by atoms with Crippen molar-refractivity contribution in [2.75, 3.05) is 11.4 Å². The number of anilines is 1. The molecule has 1 N–H and O–H groups in total. The van der Waals surface area contributed by atoms with Gasteiger partial charge < -0.3 is 10.2 Å². The molecule has 0 radical (unpaired) electrons. The molecule has 0 saturated carbocycles. The highest BCUT2D eigenvalue weighted by atomic mass is 16.2. The molecule has 5 nitrogen and oxygen atoms in total. The molecule has 0 spiro atoms. The molecule has 1 atom stereocenters. The first kappa shape index (κ1) is 17.2. The van der Waals surface area contributed by atoms with E-state index >= 15 is 0 Å². The van der Waals surface area contributed by atoms with Crippen LogP contribution in [0.15, 0.2) is 54.6 Å². The Kier molecular flexibility index (Phi) is 5.69. The van der Waals surface area contributed by atoms with Gasteiger partial charge in [-0.25, -0.2) is 0 Å². The number of nitrogens with one attached hydrogen (secondary N) is 1. The zero-order valence-electron chi connectivity index (χ0n) is 13.7. The maximum atomic E-state index is 12.3. The number of carbonyl (C=O) groups is 2. The van der Waals surface area contributed by atoms with E-state index in [0.29, 0.717) is 11.3 Å². The fraction of sp³-hybridized carbons (Fsp3) is 0.211. The highest BCUT2D eigenvalue weighted by molar-refractivity contribution is 5.97. The van der Waals surface area contributed by atoms with Crippen LogP contribution >= 0.6 is 0 Å². The molecule has 0 bridgehead atoms. The molecule has 0 aromatic heterocycles. The summed E-state index contributed by atoms with van der Waals surface area (Å²) in [6.07, 6.45) is 0. The van der Waals surface area contributed by atoms with E-state index in [4.69, 9.17) is 5.26 Å². The molecule has 0 aliphatic heterocycles. The molecule has 2 rings (SSSR count). The van der Waals surface area contributed by atoms with Crippen LogP contribution in [0.1, 0.15) is 31.0 Å². The Labute approximate surface area is 141 Å². The van der Waals surface area contributed by atoms with E-state index in [-0.39, 0.29) is 24.4 Å². The quantitative estimate of drug-likeness (QED) is 0.920. The lowest BCUT2D eigenvalue weighted by Gasteiger charge is -2.22. The first-order chi connectivity index (χ1) is 11.5. The minimum Gasteiger partial charge on any atom is -0.348 e. The Morgan fingerprint density at radius 2 is 1.88 bits per heavy atom. The van der Waals surface area contributed by atoms with Crippen molar-refractivity contribution in [1.29, 1.82) is 5.26 Å². The Morgan fingerprint density at radius 3 is 2.50 bits per heavy atom. The molecule has 5 heteroatoms. The lowest BCUT2D eigenvalue weighted by atomic mass is 10.1. The number of nitrogens with zero attached hydrogens (tertiary/aromatic N) is 2. The fourth-order valence-corrected chi connectivity index (χ4v) is 2.38. The lowest BCUT2D eigenvalue weighted by molar-refractivity contribution is -0.123. The highest BCUT2D eigenvalue weighted by Crippen LogP contribution is 2.17. The number of hydrogen-bond acceptors (Lipinski definition) is 3. The molecule has 2 aromatic carbocycles. The van der Waals surface area contributed by atoms with Crippen molar-refractivity contribution in [3.05, 3.63) is 65.7 Å². The Bertz CT molecular complexity index is 766. The third kappa shape index (κ3) is 4.43. The van der Waals surface area contributed by atoms with Gasteiger partial charge >= 0.3 is 0 Å². The van der Waals surface area contributed by atoms with Crippen molar-refractivity contribution in [1.82, 2.24) is 5.32 Å². The predicted molar refractivity (Wildman–Crippen MR) is 92.2 cm³/mol. The van der Waals surface area contributed by atoms with Crippen molar-refractivity contribution >= 4 is 17.5 Å². The third-order valence-corrected chi connectivity index (χ3v) is 3.65. The summed E-state index contributed by atoms with van der Waals surface area (Å²) in [5.41, 5.74) is 1.97. The number of rotatable bonds is 5. The molecular weight excluding hydrogens is 302 g/mol. The van der Waals surface area contributed by atoms with Gasteiger partial charge in [0.1, 0.15) is 6.54 Å². The second-order valence-electron chi connectivity index (χ2n) is 5.47. The molecule has 0 aliphatic rings. The van der Waals surface area contributed by atoms with Crippen molar-refractivity contribution in [2.24, 2.45) is 0 Å². The monoisotopic (exact) mass is 321 g/mol. The van der Waals surface area contributed by atoms with E-state index in [1.165, 1.54) is 11.8 Å². The SMILES string of the molecule is CC(=O)N(CC(=O)NC(C)c1ccccc1)c1cccc(C#N)c1. The van der Waals surface area contributed by atoms with Crippen molar-refractivity contribution < 1.29 is 9.59 Å². The summed E-state index contributed by atoms with van der Waals surface area (Å²) in [5.74, 6) is -0.517. The standard InChI is InChI=1S/C19H19N3O2/c1-14(17-8-4-3-5-9-17)21-19(24)13-22(15(2)23)18-10-6-7-16(11-18)12-20/h3-11,14H,13H2,1-2H3,(H,21,24). The summed E-state index contributed by atoms with van der Waals surface area (Å²) < 4.78 is 0.